The van der Waals surface area contributed by atoms with Gasteiger partial charge in [0.25, 0.3) is 5.69 Å². The highest BCUT2D eigenvalue weighted by Crippen LogP contribution is 2.32. The molecule has 2 aromatic rings. The fourth-order valence-corrected chi connectivity index (χ4v) is 3.56. The molecule has 0 N–H and O–H groups in total. The molecular formula is C22H23NO5. The van der Waals surface area contributed by atoms with E-state index in [1.807, 2.05) is 12.1 Å². The quantitative estimate of drug-likeness (QED) is 0.302. The average Bonchev–Trinajstić information content (AvgIpc) is 2.73. The van der Waals surface area contributed by atoms with Crippen molar-refractivity contribution in [2.24, 2.45) is 0 Å². The molecule has 1 aliphatic carbocycles. The molecule has 0 atom stereocenters. The summed E-state index contributed by atoms with van der Waals surface area (Å²) in [6.45, 7) is -0.311. The van der Waals surface area contributed by atoms with Crippen LogP contribution in [0.3, 0.4) is 0 Å². The summed E-state index contributed by atoms with van der Waals surface area (Å²) in [5.41, 5.74) is 2.36. The van der Waals surface area contributed by atoms with Gasteiger partial charge < -0.3 is 4.74 Å². The molecule has 1 aliphatic rings. The first-order valence-corrected chi connectivity index (χ1v) is 9.55. The van der Waals surface area contributed by atoms with E-state index in [4.69, 9.17) is 4.74 Å². The summed E-state index contributed by atoms with van der Waals surface area (Å²) in [4.78, 5) is 34.3. The minimum absolute atomic E-state index is 0.0358. The Kier molecular flexibility index (Phi) is 6.53. The fourth-order valence-electron chi connectivity index (χ4n) is 3.56. The highest BCUT2D eigenvalue weighted by atomic mass is 16.6. The van der Waals surface area contributed by atoms with Crippen LogP contribution >= 0.6 is 0 Å². The predicted molar refractivity (Wildman–Crippen MR) is 104 cm³/mol. The minimum atomic E-state index is -0.541. The van der Waals surface area contributed by atoms with Crippen molar-refractivity contribution < 1.29 is 19.2 Å². The number of nitrogens with zero attached hydrogens (tertiary/aromatic N) is 1. The van der Waals surface area contributed by atoms with Gasteiger partial charge in [0, 0.05) is 17.7 Å². The normalized spacial score (nSPS) is 14.4. The molecule has 6 heteroatoms. The van der Waals surface area contributed by atoms with Gasteiger partial charge in [-0.25, -0.2) is 0 Å². The topological polar surface area (TPSA) is 86.5 Å². The van der Waals surface area contributed by atoms with E-state index < -0.39 is 10.9 Å². The van der Waals surface area contributed by atoms with E-state index >= 15 is 0 Å². The molecule has 0 bridgehead atoms. The van der Waals surface area contributed by atoms with Gasteiger partial charge in [0.15, 0.2) is 12.4 Å². The summed E-state index contributed by atoms with van der Waals surface area (Å²) in [5.74, 6) is -0.203. The lowest BCUT2D eigenvalue weighted by Gasteiger charge is -2.22. The number of ketones is 1. The van der Waals surface area contributed by atoms with Gasteiger partial charge in [-0.3, -0.25) is 19.7 Å². The number of carbonyl (C=O) groups excluding carboxylic acids is 2. The van der Waals surface area contributed by atoms with Gasteiger partial charge in [-0.05, 0) is 29.9 Å². The zero-order valence-corrected chi connectivity index (χ0v) is 15.6. The number of hydrogen-bond acceptors (Lipinski definition) is 5. The minimum Gasteiger partial charge on any atom is -0.457 e. The highest BCUT2D eigenvalue weighted by molar-refractivity contribution is 5.98. The third kappa shape index (κ3) is 5.25. The van der Waals surface area contributed by atoms with Crippen LogP contribution in [0.4, 0.5) is 5.69 Å². The fraction of sp³-hybridized carbons (Fsp3) is 0.364. The van der Waals surface area contributed by atoms with Crippen molar-refractivity contribution >= 4 is 17.4 Å². The maximum Gasteiger partial charge on any atom is 0.310 e. The first-order chi connectivity index (χ1) is 13.5. The van der Waals surface area contributed by atoms with E-state index in [9.17, 15) is 19.7 Å². The van der Waals surface area contributed by atoms with E-state index in [2.05, 4.69) is 0 Å². The molecule has 6 nitrogen and oxygen atoms in total. The zero-order valence-electron chi connectivity index (χ0n) is 15.6. The molecule has 0 amide bonds. The second-order valence-electron chi connectivity index (χ2n) is 7.14. The lowest BCUT2D eigenvalue weighted by molar-refractivity contribution is -0.384. The van der Waals surface area contributed by atoms with Crippen molar-refractivity contribution in [3.05, 3.63) is 75.3 Å². The van der Waals surface area contributed by atoms with Gasteiger partial charge in [-0.2, -0.15) is 0 Å². The molecule has 2 aromatic carbocycles. The lowest BCUT2D eigenvalue weighted by Crippen LogP contribution is -2.16. The Morgan fingerprint density at radius 2 is 1.61 bits per heavy atom. The molecule has 0 unspecified atom stereocenters. The van der Waals surface area contributed by atoms with Gasteiger partial charge in [0.2, 0.25) is 0 Å². The van der Waals surface area contributed by atoms with Crippen LogP contribution in [0, 0.1) is 10.1 Å². The predicted octanol–water partition coefficient (Wildman–Crippen LogP) is 4.61. The van der Waals surface area contributed by atoms with Crippen molar-refractivity contribution in [1.82, 2.24) is 0 Å². The molecule has 0 heterocycles. The highest BCUT2D eigenvalue weighted by Gasteiger charge is 2.16. The second-order valence-corrected chi connectivity index (χ2v) is 7.14. The molecule has 0 aromatic heterocycles. The summed E-state index contributed by atoms with van der Waals surface area (Å²) < 4.78 is 5.06. The first-order valence-electron chi connectivity index (χ1n) is 9.55. The maximum absolute atomic E-state index is 12.3. The number of non-ortho nitro benzene ring substituents is 1. The summed E-state index contributed by atoms with van der Waals surface area (Å²) in [6.07, 6.45) is 6.19. The second kappa shape index (κ2) is 9.26. The number of esters is 1. The summed E-state index contributed by atoms with van der Waals surface area (Å²) >= 11 is 0. The van der Waals surface area contributed by atoms with Crippen molar-refractivity contribution in [2.75, 3.05) is 6.61 Å². The average molecular weight is 381 g/mol. The Hall–Kier alpha value is -3.02. The van der Waals surface area contributed by atoms with Crippen LogP contribution in [0.25, 0.3) is 0 Å². The van der Waals surface area contributed by atoms with E-state index in [1.54, 1.807) is 12.1 Å². The van der Waals surface area contributed by atoms with Crippen molar-refractivity contribution in [2.45, 2.75) is 44.4 Å². The molecule has 146 valence electrons. The van der Waals surface area contributed by atoms with Gasteiger partial charge in [0.05, 0.1) is 11.3 Å². The molecule has 3 rings (SSSR count). The van der Waals surface area contributed by atoms with Crippen molar-refractivity contribution in [3.8, 4) is 0 Å². The number of rotatable bonds is 7. The van der Waals surface area contributed by atoms with Gasteiger partial charge in [0.1, 0.15) is 0 Å². The number of nitro groups is 1. The van der Waals surface area contributed by atoms with E-state index in [0.29, 0.717) is 17.0 Å². The van der Waals surface area contributed by atoms with E-state index in [-0.39, 0.29) is 24.5 Å². The summed E-state index contributed by atoms with van der Waals surface area (Å²) in [7, 11) is 0. The molecule has 0 radical (unpaired) electrons. The maximum atomic E-state index is 12.3. The van der Waals surface area contributed by atoms with Crippen LogP contribution in [0.1, 0.15) is 59.5 Å². The van der Waals surface area contributed by atoms with Crippen LogP contribution in [-0.2, 0) is 16.0 Å². The molecule has 0 saturated heterocycles. The Morgan fingerprint density at radius 3 is 2.21 bits per heavy atom. The zero-order chi connectivity index (χ0) is 19.9. The van der Waals surface area contributed by atoms with Crippen LogP contribution in [0.2, 0.25) is 0 Å². The van der Waals surface area contributed by atoms with E-state index in [0.717, 1.165) is 0 Å². The van der Waals surface area contributed by atoms with Crippen LogP contribution < -0.4 is 0 Å². The molecule has 28 heavy (non-hydrogen) atoms. The molecule has 0 spiro atoms. The van der Waals surface area contributed by atoms with Crippen molar-refractivity contribution in [1.29, 1.82) is 0 Å². The molecule has 1 saturated carbocycles. The standard InChI is InChI=1S/C22H23NO5/c24-21(19-10-8-18(9-11-19)17-4-2-1-3-5-17)15-28-22(25)14-16-6-12-20(13-7-16)23(26)27/h6-13,17H,1-5,14-15H2. The SMILES string of the molecule is O=C(Cc1ccc([N+](=O)[O-])cc1)OCC(=O)c1ccc(C2CCCCC2)cc1. The Labute approximate surface area is 163 Å². The van der Waals surface area contributed by atoms with Gasteiger partial charge >= 0.3 is 5.97 Å². The summed E-state index contributed by atoms with van der Waals surface area (Å²) in [6, 6.07) is 13.3. The van der Waals surface area contributed by atoms with Crippen LogP contribution in [0.15, 0.2) is 48.5 Å². The van der Waals surface area contributed by atoms with Crippen LogP contribution in [0.5, 0.6) is 0 Å². The number of benzene rings is 2. The number of Topliss-reactive ketones (excluding diaryl/α,β-unsaturated/α-hetero) is 1. The number of nitro benzene ring substituents is 1. The Bertz CT molecular complexity index is 836. The number of carbonyl (C=O) groups is 2. The van der Waals surface area contributed by atoms with E-state index in [1.165, 1.54) is 61.9 Å². The third-order valence-corrected chi connectivity index (χ3v) is 5.17. The lowest BCUT2D eigenvalue weighted by atomic mass is 9.84. The number of hydrogen-bond donors (Lipinski definition) is 0. The van der Waals surface area contributed by atoms with Gasteiger partial charge in [-0.15, -0.1) is 0 Å². The Balaban J connectivity index is 1.49. The molecular weight excluding hydrogens is 358 g/mol. The number of ether oxygens (including phenoxy) is 1. The van der Waals surface area contributed by atoms with Crippen LogP contribution in [-0.4, -0.2) is 23.3 Å². The van der Waals surface area contributed by atoms with Gasteiger partial charge in [-0.1, -0.05) is 55.7 Å². The summed E-state index contributed by atoms with van der Waals surface area (Å²) in [5, 5.41) is 10.6. The smallest absolute Gasteiger partial charge is 0.310 e. The Morgan fingerprint density at radius 1 is 0.964 bits per heavy atom. The third-order valence-electron chi connectivity index (χ3n) is 5.17. The molecule has 0 aliphatic heterocycles. The first kappa shape index (κ1) is 19.7. The monoisotopic (exact) mass is 381 g/mol. The van der Waals surface area contributed by atoms with Crippen molar-refractivity contribution in [3.63, 3.8) is 0 Å². The molecule has 1 fully saturated rings. The largest absolute Gasteiger partial charge is 0.457 e.